The average Bonchev–Trinajstić information content (AvgIpc) is 2.94. The van der Waals surface area contributed by atoms with Gasteiger partial charge in [-0.05, 0) is 6.42 Å². The van der Waals surface area contributed by atoms with Gasteiger partial charge in [0, 0.05) is 25.5 Å². The van der Waals surface area contributed by atoms with Crippen LogP contribution in [0.15, 0.2) is 0 Å². The summed E-state index contributed by atoms with van der Waals surface area (Å²) in [6.07, 6.45) is -11.6. The van der Waals surface area contributed by atoms with Crippen LogP contribution in [0.2, 0.25) is 0 Å². The molecule has 25 heavy (non-hydrogen) atoms. The largest absolute Gasteiger partial charge is 0.435 e. The summed E-state index contributed by atoms with van der Waals surface area (Å²) in [5, 5.41) is 13.0. The van der Waals surface area contributed by atoms with Crippen molar-refractivity contribution in [2.75, 3.05) is 7.11 Å². The maximum Gasteiger partial charge on any atom is 0.435 e. The second-order valence-electron chi connectivity index (χ2n) is 6.41. The Balaban J connectivity index is 2.03. The van der Waals surface area contributed by atoms with Gasteiger partial charge in [-0.1, -0.05) is 0 Å². The number of aliphatic hydroxyl groups is 1. The minimum atomic E-state index is -5.05. The van der Waals surface area contributed by atoms with Crippen molar-refractivity contribution < 1.29 is 40.6 Å². The summed E-state index contributed by atoms with van der Waals surface area (Å²) in [5.74, 6) is -6.92. The van der Waals surface area contributed by atoms with Gasteiger partial charge in [-0.3, -0.25) is 4.68 Å². The SMILES string of the molecule is CO[C@@H]1C[C@H](n2nc(C(F)(F)F)c3c2CC(F)(F)[C@H]3O)CCC1(F)F. The molecule has 2 aliphatic rings. The summed E-state index contributed by atoms with van der Waals surface area (Å²) < 4.78 is 99.8. The summed E-state index contributed by atoms with van der Waals surface area (Å²) in [5.41, 5.74) is -3.03. The maximum absolute atomic E-state index is 13.7. The number of alkyl halides is 7. The molecule has 1 N–H and O–H groups in total. The van der Waals surface area contributed by atoms with E-state index in [9.17, 15) is 35.8 Å². The molecule has 1 fully saturated rings. The highest BCUT2D eigenvalue weighted by atomic mass is 19.4. The molecule has 4 nitrogen and oxygen atoms in total. The minimum Gasteiger partial charge on any atom is -0.382 e. The van der Waals surface area contributed by atoms with E-state index in [1.807, 2.05) is 0 Å². The highest BCUT2D eigenvalue weighted by Gasteiger charge is 2.56. The third kappa shape index (κ3) is 2.90. The predicted octanol–water partition coefficient (Wildman–Crippen LogP) is 3.50. The molecule has 0 amide bonds. The normalized spacial score (nSPS) is 31.2. The molecule has 0 aromatic carbocycles. The Morgan fingerprint density at radius 3 is 2.40 bits per heavy atom. The summed E-state index contributed by atoms with van der Waals surface area (Å²) in [6, 6.07) is -0.949. The van der Waals surface area contributed by atoms with Crippen LogP contribution >= 0.6 is 0 Å². The maximum atomic E-state index is 13.7. The highest BCUT2D eigenvalue weighted by Crippen LogP contribution is 2.50. The van der Waals surface area contributed by atoms with E-state index >= 15 is 0 Å². The number of hydrogen-bond acceptors (Lipinski definition) is 3. The van der Waals surface area contributed by atoms with Crippen LogP contribution in [0, 0.1) is 0 Å². The van der Waals surface area contributed by atoms with Gasteiger partial charge in [0.05, 0.1) is 18.2 Å². The first-order valence-electron chi connectivity index (χ1n) is 7.53. The number of ether oxygens (including phenoxy) is 1. The summed E-state index contributed by atoms with van der Waals surface area (Å²) in [6.45, 7) is 0. The van der Waals surface area contributed by atoms with Gasteiger partial charge in [0.1, 0.15) is 12.2 Å². The monoisotopic (exact) mass is 376 g/mol. The smallest absolute Gasteiger partial charge is 0.382 e. The van der Waals surface area contributed by atoms with Crippen LogP contribution in [0.3, 0.4) is 0 Å². The van der Waals surface area contributed by atoms with Crippen LogP contribution < -0.4 is 0 Å². The van der Waals surface area contributed by atoms with Gasteiger partial charge in [0.15, 0.2) is 5.69 Å². The first-order chi connectivity index (χ1) is 11.4. The van der Waals surface area contributed by atoms with E-state index in [0.29, 0.717) is 0 Å². The number of aromatic nitrogens is 2. The molecule has 1 aromatic heterocycles. The van der Waals surface area contributed by atoms with Crippen LogP contribution in [0.5, 0.6) is 0 Å². The molecule has 0 bridgehead atoms. The standard InChI is InChI=1S/C14H15F7N2O2/c1-25-8-4-6(2-3-12(8,15)16)23-7-5-13(17,18)11(24)9(7)10(22-23)14(19,20)21/h6,8,11,24H,2-5H2,1H3/t6-,8-,11+/m1/s1. The van der Waals surface area contributed by atoms with Crippen molar-refractivity contribution in [1.82, 2.24) is 9.78 Å². The lowest BCUT2D eigenvalue weighted by Gasteiger charge is -2.35. The van der Waals surface area contributed by atoms with E-state index in [4.69, 9.17) is 4.74 Å². The molecule has 3 rings (SSSR count). The van der Waals surface area contributed by atoms with Gasteiger partial charge >= 0.3 is 6.18 Å². The van der Waals surface area contributed by atoms with Crippen molar-refractivity contribution in [2.24, 2.45) is 0 Å². The summed E-state index contributed by atoms with van der Waals surface area (Å²) >= 11 is 0. The number of fused-ring (bicyclic) bond motifs is 1. The topological polar surface area (TPSA) is 47.3 Å². The molecule has 0 spiro atoms. The molecule has 1 aromatic rings. The Hall–Kier alpha value is -1.36. The fourth-order valence-electron chi connectivity index (χ4n) is 3.54. The molecule has 0 aliphatic heterocycles. The molecule has 1 heterocycles. The Morgan fingerprint density at radius 2 is 1.84 bits per heavy atom. The molecule has 0 radical (unpaired) electrons. The number of halogens is 7. The van der Waals surface area contributed by atoms with Gasteiger partial charge in [-0.25, -0.2) is 17.6 Å². The van der Waals surface area contributed by atoms with Crippen molar-refractivity contribution in [2.45, 2.75) is 62.0 Å². The number of nitrogens with zero attached hydrogens (tertiary/aromatic N) is 2. The predicted molar refractivity (Wildman–Crippen MR) is 69.5 cm³/mol. The van der Waals surface area contributed by atoms with Crippen LogP contribution in [0.1, 0.15) is 48.4 Å². The highest BCUT2D eigenvalue weighted by molar-refractivity contribution is 5.38. The van der Waals surface area contributed by atoms with Gasteiger partial charge in [0.25, 0.3) is 11.8 Å². The quantitative estimate of drug-likeness (QED) is 0.804. The van der Waals surface area contributed by atoms with Crippen molar-refractivity contribution in [3.63, 3.8) is 0 Å². The number of aliphatic hydroxyl groups excluding tert-OH is 1. The van der Waals surface area contributed by atoms with E-state index in [2.05, 4.69) is 5.10 Å². The first kappa shape index (κ1) is 18.4. The Kier molecular flexibility index (Phi) is 4.10. The molecule has 2 aliphatic carbocycles. The number of rotatable bonds is 2. The lowest BCUT2D eigenvalue weighted by Crippen LogP contribution is -2.42. The molecule has 0 saturated heterocycles. The zero-order chi connectivity index (χ0) is 18.8. The lowest BCUT2D eigenvalue weighted by atomic mass is 9.89. The van der Waals surface area contributed by atoms with Gasteiger partial charge in [0.2, 0.25) is 0 Å². The van der Waals surface area contributed by atoms with E-state index < -0.39 is 66.1 Å². The minimum absolute atomic E-state index is 0.236. The lowest BCUT2D eigenvalue weighted by molar-refractivity contribution is -0.156. The van der Waals surface area contributed by atoms with E-state index in [-0.39, 0.29) is 12.8 Å². The zero-order valence-corrected chi connectivity index (χ0v) is 13.0. The third-order valence-corrected chi connectivity index (χ3v) is 4.79. The van der Waals surface area contributed by atoms with E-state index in [1.54, 1.807) is 0 Å². The molecule has 3 atom stereocenters. The number of methoxy groups -OCH3 is 1. The van der Waals surface area contributed by atoms with Crippen molar-refractivity contribution >= 4 is 0 Å². The second-order valence-corrected chi connectivity index (χ2v) is 6.41. The first-order valence-corrected chi connectivity index (χ1v) is 7.53. The van der Waals surface area contributed by atoms with Gasteiger partial charge < -0.3 is 9.84 Å². The molecular formula is C14H15F7N2O2. The fraction of sp³-hybridized carbons (Fsp3) is 0.786. The van der Waals surface area contributed by atoms with Crippen LogP contribution in [-0.2, 0) is 17.3 Å². The third-order valence-electron chi connectivity index (χ3n) is 4.79. The molecule has 142 valence electrons. The summed E-state index contributed by atoms with van der Waals surface area (Å²) in [4.78, 5) is 0. The molecule has 0 unspecified atom stereocenters. The molecule has 1 saturated carbocycles. The summed E-state index contributed by atoms with van der Waals surface area (Å²) in [7, 11) is 1.05. The van der Waals surface area contributed by atoms with E-state index in [1.165, 1.54) is 0 Å². The second kappa shape index (κ2) is 5.57. The Bertz CT molecular complexity index is 671. The average molecular weight is 376 g/mol. The van der Waals surface area contributed by atoms with Gasteiger partial charge in [-0.2, -0.15) is 18.3 Å². The zero-order valence-electron chi connectivity index (χ0n) is 13.0. The van der Waals surface area contributed by atoms with Crippen LogP contribution in [0.4, 0.5) is 30.7 Å². The van der Waals surface area contributed by atoms with Crippen molar-refractivity contribution in [1.29, 1.82) is 0 Å². The molecular weight excluding hydrogens is 361 g/mol. The molecule has 11 heteroatoms. The van der Waals surface area contributed by atoms with E-state index in [0.717, 1.165) is 11.8 Å². The van der Waals surface area contributed by atoms with Crippen molar-refractivity contribution in [3.05, 3.63) is 17.0 Å². The Labute approximate surface area is 137 Å². The van der Waals surface area contributed by atoms with Crippen LogP contribution in [0.25, 0.3) is 0 Å². The van der Waals surface area contributed by atoms with Crippen LogP contribution in [-0.4, -0.2) is 39.9 Å². The van der Waals surface area contributed by atoms with Crippen molar-refractivity contribution in [3.8, 4) is 0 Å². The number of hydrogen-bond donors (Lipinski definition) is 1. The Morgan fingerprint density at radius 1 is 1.20 bits per heavy atom. The fourth-order valence-corrected chi connectivity index (χ4v) is 3.54. The van der Waals surface area contributed by atoms with Gasteiger partial charge in [-0.15, -0.1) is 0 Å².